The Hall–Kier alpha value is -1.73. The first-order chi connectivity index (χ1) is 11.8. The molecule has 7 heteroatoms. The summed E-state index contributed by atoms with van der Waals surface area (Å²) in [6.07, 6.45) is 1.41. The Balaban J connectivity index is 1.54. The highest BCUT2D eigenvalue weighted by molar-refractivity contribution is 7.16. The lowest BCUT2D eigenvalue weighted by Crippen LogP contribution is -2.45. The quantitative estimate of drug-likeness (QED) is 0.876. The number of nitrogens with zero attached hydrogens (tertiary/aromatic N) is 2. The molecule has 1 saturated heterocycles. The molecule has 2 amide bonds. The molecule has 2 aromatic rings. The lowest BCUT2D eigenvalue weighted by atomic mass is 9.91. The van der Waals surface area contributed by atoms with Gasteiger partial charge in [0.15, 0.2) is 5.13 Å². The van der Waals surface area contributed by atoms with Crippen molar-refractivity contribution < 1.29 is 9.59 Å². The first-order valence-electron chi connectivity index (χ1n) is 8.44. The van der Waals surface area contributed by atoms with Gasteiger partial charge in [-0.2, -0.15) is 0 Å². The normalized spacial score (nSPS) is 16.0. The van der Waals surface area contributed by atoms with Crippen LogP contribution in [0, 0.1) is 11.3 Å². The molecule has 0 spiro atoms. The minimum Gasteiger partial charge on any atom is -0.342 e. The molecule has 3 heterocycles. The van der Waals surface area contributed by atoms with Crippen LogP contribution in [0.15, 0.2) is 22.9 Å². The summed E-state index contributed by atoms with van der Waals surface area (Å²) < 4.78 is 0. The summed E-state index contributed by atoms with van der Waals surface area (Å²) in [5.41, 5.74) is 0.537. The Morgan fingerprint density at radius 1 is 1.24 bits per heavy atom. The fraction of sp³-hybridized carbons (Fsp3) is 0.500. The van der Waals surface area contributed by atoms with Crippen molar-refractivity contribution >= 4 is 39.6 Å². The zero-order valence-electron chi connectivity index (χ0n) is 14.7. The number of hydrogen-bond acceptors (Lipinski definition) is 5. The van der Waals surface area contributed by atoms with Gasteiger partial charge in [0.1, 0.15) is 0 Å². The molecule has 0 radical (unpaired) electrons. The molecule has 0 aromatic carbocycles. The Morgan fingerprint density at radius 2 is 1.96 bits per heavy atom. The summed E-state index contributed by atoms with van der Waals surface area (Å²) >= 11 is 3.08. The Kier molecular flexibility index (Phi) is 5.24. The molecule has 134 valence electrons. The van der Waals surface area contributed by atoms with Crippen molar-refractivity contribution in [3.8, 4) is 10.6 Å². The molecule has 1 aliphatic rings. The fourth-order valence-corrected chi connectivity index (χ4v) is 4.37. The van der Waals surface area contributed by atoms with Gasteiger partial charge in [-0.15, -0.1) is 22.7 Å². The molecule has 0 atom stereocenters. The minimum absolute atomic E-state index is 0.00920. The zero-order valence-corrected chi connectivity index (χ0v) is 16.4. The number of aromatic nitrogens is 1. The molecule has 3 rings (SSSR count). The lowest BCUT2D eigenvalue weighted by molar-refractivity contribution is -0.142. The van der Waals surface area contributed by atoms with Crippen molar-refractivity contribution in [2.24, 2.45) is 11.3 Å². The van der Waals surface area contributed by atoms with Crippen molar-refractivity contribution in [3.05, 3.63) is 22.9 Å². The third-order valence-corrected chi connectivity index (χ3v) is 5.95. The second-order valence-electron chi connectivity index (χ2n) is 7.32. The van der Waals surface area contributed by atoms with Crippen LogP contribution in [0.3, 0.4) is 0 Å². The SMILES string of the molecule is CC(C)(C)C(=O)N1CCC(C(=O)Nc2nc(-c3cccs3)cs2)CC1. The average molecular weight is 378 g/mol. The van der Waals surface area contributed by atoms with E-state index in [9.17, 15) is 9.59 Å². The van der Waals surface area contributed by atoms with E-state index >= 15 is 0 Å². The van der Waals surface area contributed by atoms with E-state index in [0.717, 1.165) is 10.6 Å². The molecule has 0 aliphatic carbocycles. The third-order valence-electron chi connectivity index (χ3n) is 4.30. The summed E-state index contributed by atoms with van der Waals surface area (Å²) in [5.74, 6) is 0.111. The number of anilines is 1. The Morgan fingerprint density at radius 3 is 2.56 bits per heavy atom. The van der Waals surface area contributed by atoms with E-state index < -0.39 is 0 Å². The number of amides is 2. The molecule has 0 unspecified atom stereocenters. The first kappa shape index (κ1) is 18.1. The highest BCUT2D eigenvalue weighted by atomic mass is 32.1. The number of rotatable bonds is 3. The van der Waals surface area contributed by atoms with Gasteiger partial charge in [-0.1, -0.05) is 26.8 Å². The van der Waals surface area contributed by atoms with Gasteiger partial charge in [0.2, 0.25) is 11.8 Å². The van der Waals surface area contributed by atoms with Gasteiger partial charge in [-0.25, -0.2) is 4.98 Å². The lowest BCUT2D eigenvalue weighted by Gasteiger charge is -2.35. The monoisotopic (exact) mass is 377 g/mol. The van der Waals surface area contributed by atoms with Gasteiger partial charge in [-0.3, -0.25) is 9.59 Å². The number of carbonyl (C=O) groups excluding carboxylic acids is 2. The second-order valence-corrected chi connectivity index (χ2v) is 9.13. The molecule has 0 bridgehead atoms. The van der Waals surface area contributed by atoms with Crippen molar-refractivity contribution in [3.63, 3.8) is 0 Å². The summed E-state index contributed by atoms with van der Waals surface area (Å²) in [5, 5.41) is 7.56. The van der Waals surface area contributed by atoms with Gasteiger partial charge in [-0.05, 0) is 24.3 Å². The highest BCUT2D eigenvalue weighted by Gasteiger charge is 2.32. The Bertz CT molecular complexity index is 739. The van der Waals surface area contributed by atoms with Gasteiger partial charge in [0, 0.05) is 29.8 Å². The van der Waals surface area contributed by atoms with Crippen LogP contribution in [0.2, 0.25) is 0 Å². The summed E-state index contributed by atoms with van der Waals surface area (Å²) in [6, 6.07) is 4.01. The number of piperidine rings is 1. The van der Waals surface area contributed by atoms with Crippen LogP contribution in [0.4, 0.5) is 5.13 Å². The number of thiophene rings is 1. The molecule has 0 saturated carbocycles. The maximum atomic E-state index is 12.5. The summed E-state index contributed by atoms with van der Waals surface area (Å²) in [7, 11) is 0. The molecule has 1 fully saturated rings. The maximum absolute atomic E-state index is 12.5. The van der Waals surface area contributed by atoms with E-state index in [1.807, 2.05) is 48.6 Å². The molecular formula is C18H23N3O2S2. The van der Waals surface area contributed by atoms with Gasteiger partial charge < -0.3 is 10.2 Å². The predicted molar refractivity (Wildman–Crippen MR) is 103 cm³/mol. The van der Waals surface area contributed by atoms with Crippen LogP contribution in [0.25, 0.3) is 10.6 Å². The number of thiazole rings is 1. The van der Waals surface area contributed by atoms with E-state index in [4.69, 9.17) is 0 Å². The van der Waals surface area contributed by atoms with Crippen molar-refractivity contribution in [2.75, 3.05) is 18.4 Å². The molecule has 25 heavy (non-hydrogen) atoms. The van der Waals surface area contributed by atoms with Crippen LogP contribution < -0.4 is 5.32 Å². The van der Waals surface area contributed by atoms with Gasteiger partial charge in [0.25, 0.3) is 0 Å². The number of likely N-dealkylation sites (tertiary alicyclic amines) is 1. The molecule has 1 aliphatic heterocycles. The van der Waals surface area contributed by atoms with E-state index in [1.54, 1.807) is 11.3 Å². The fourth-order valence-electron chi connectivity index (χ4n) is 2.90. The van der Waals surface area contributed by atoms with Crippen molar-refractivity contribution in [1.82, 2.24) is 9.88 Å². The van der Waals surface area contributed by atoms with Gasteiger partial charge >= 0.3 is 0 Å². The number of hydrogen-bond donors (Lipinski definition) is 1. The smallest absolute Gasteiger partial charge is 0.229 e. The maximum Gasteiger partial charge on any atom is 0.229 e. The average Bonchev–Trinajstić information content (AvgIpc) is 3.24. The van der Waals surface area contributed by atoms with E-state index in [1.165, 1.54) is 11.3 Å². The first-order valence-corrected chi connectivity index (χ1v) is 10.2. The molecular weight excluding hydrogens is 354 g/mol. The second kappa shape index (κ2) is 7.25. The summed E-state index contributed by atoms with van der Waals surface area (Å²) in [4.78, 5) is 32.3. The van der Waals surface area contributed by atoms with Gasteiger partial charge in [0.05, 0.1) is 10.6 Å². The van der Waals surface area contributed by atoms with Crippen LogP contribution in [0.1, 0.15) is 33.6 Å². The van der Waals surface area contributed by atoms with E-state index in [2.05, 4.69) is 10.3 Å². The van der Waals surface area contributed by atoms with E-state index in [0.29, 0.717) is 31.1 Å². The number of nitrogens with one attached hydrogen (secondary N) is 1. The standard InChI is InChI=1S/C18H23N3O2S2/c1-18(2,3)16(23)21-8-6-12(7-9-21)15(22)20-17-19-13(11-25-17)14-5-4-10-24-14/h4-5,10-12H,6-9H2,1-3H3,(H,19,20,22). The Labute approximate surface area is 156 Å². The van der Waals surface area contributed by atoms with Crippen molar-refractivity contribution in [1.29, 1.82) is 0 Å². The summed E-state index contributed by atoms with van der Waals surface area (Å²) in [6.45, 7) is 7.09. The van der Waals surface area contributed by atoms with Crippen LogP contribution >= 0.6 is 22.7 Å². The zero-order chi connectivity index (χ0) is 18.0. The van der Waals surface area contributed by atoms with Crippen molar-refractivity contribution in [2.45, 2.75) is 33.6 Å². The largest absolute Gasteiger partial charge is 0.342 e. The highest BCUT2D eigenvalue weighted by Crippen LogP contribution is 2.29. The van der Waals surface area contributed by atoms with Crippen LogP contribution in [0.5, 0.6) is 0 Å². The minimum atomic E-state index is -0.367. The predicted octanol–water partition coefficient (Wildman–Crippen LogP) is 4.09. The molecule has 5 nitrogen and oxygen atoms in total. The molecule has 2 aromatic heterocycles. The third kappa shape index (κ3) is 4.27. The van der Waals surface area contributed by atoms with E-state index in [-0.39, 0.29) is 23.1 Å². The topological polar surface area (TPSA) is 62.3 Å². The number of carbonyl (C=O) groups is 2. The molecule has 1 N–H and O–H groups in total. The van der Waals surface area contributed by atoms with Crippen LogP contribution in [-0.4, -0.2) is 34.8 Å². The van der Waals surface area contributed by atoms with Crippen LogP contribution in [-0.2, 0) is 9.59 Å².